The minimum absolute atomic E-state index is 0.295. The molecule has 0 aliphatic rings. The van der Waals surface area contributed by atoms with E-state index < -0.39 is 24.8 Å². The van der Waals surface area contributed by atoms with Gasteiger partial charge in [-0.2, -0.15) is 0 Å². The van der Waals surface area contributed by atoms with Crippen molar-refractivity contribution in [2.24, 2.45) is 0 Å². The number of phenols is 2. The van der Waals surface area contributed by atoms with Crippen LogP contribution in [0.3, 0.4) is 0 Å². The summed E-state index contributed by atoms with van der Waals surface area (Å²) < 4.78 is 0. The number of aromatic amines is 2. The molecular weight excluding hydrogens is 388 g/mol. The molecule has 0 aliphatic heterocycles. The van der Waals surface area contributed by atoms with Crippen molar-refractivity contribution in [2.45, 2.75) is 12.8 Å². The molecule has 0 amide bonds. The highest BCUT2D eigenvalue weighted by Gasteiger charge is 2.03. The number of H-pyrrole nitrogens is 2. The lowest BCUT2D eigenvalue weighted by molar-refractivity contribution is -0.345. The number of rotatable bonds is 3. The second kappa shape index (κ2) is 11.0. The first-order chi connectivity index (χ1) is 14.4. The van der Waals surface area contributed by atoms with Gasteiger partial charge >= 0.3 is 0 Å². The van der Waals surface area contributed by atoms with Crippen molar-refractivity contribution in [3.63, 3.8) is 0 Å². The van der Waals surface area contributed by atoms with Crippen molar-refractivity contribution < 1.29 is 40.0 Å². The first-order valence-electron chi connectivity index (χ1n) is 8.95. The first-order valence-corrected chi connectivity index (χ1v) is 8.95. The monoisotopic (exact) mass is 408 g/mol. The number of carboxylic acids is 2. The molecule has 2 aromatic carbocycles. The fourth-order valence-corrected chi connectivity index (χ4v) is 2.48. The van der Waals surface area contributed by atoms with Crippen LogP contribution >= 0.6 is 0 Å². The van der Waals surface area contributed by atoms with Crippen molar-refractivity contribution in [3.8, 4) is 11.5 Å². The van der Waals surface area contributed by atoms with Gasteiger partial charge in [-0.1, -0.05) is 12.1 Å². The highest BCUT2D eigenvalue weighted by Crippen LogP contribution is 2.19. The van der Waals surface area contributed by atoms with Gasteiger partial charge in [-0.3, -0.25) is 0 Å². The van der Waals surface area contributed by atoms with Crippen LogP contribution in [0.5, 0.6) is 11.5 Å². The molecule has 0 saturated carbocycles. The van der Waals surface area contributed by atoms with Gasteiger partial charge in [0.1, 0.15) is 0 Å². The van der Waals surface area contributed by atoms with Crippen LogP contribution in [0.15, 0.2) is 73.1 Å². The number of aliphatic carboxylic acids is 2. The number of para-hydroxylation sites is 2. The van der Waals surface area contributed by atoms with Gasteiger partial charge < -0.3 is 30.0 Å². The van der Waals surface area contributed by atoms with Crippen LogP contribution in [0, 0.1) is 0 Å². The standard InChI is InChI=1S/2C9H7NO.C4H6O4/c2*11-8-5-1-3-7-4-2-6-10-9(7)8;5-3(6)1-2-4(7)8/h2*1-6,11H;1-2H2,(H,5,6)(H,7,8). The van der Waals surface area contributed by atoms with Crippen LogP contribution in [0.25, 0.3) is 21.8 Å². The maximum absolute atomic E-state index is 9.50. The predicted octanol–water partition coefficient (Wildman–Crippen LogP) is -0.0146. The Hall–Kier alpha value is -4.20. The topological polar surface area (TPSA) is 149 Å². The third-order valence-corrected chi connectivity index (χ3v) is 3.88. The zero-order chi connectivity index (χ0) is 21.9. The molecule has 0 atom stereocenters. The van der Waals surface area contributed by atoms with Crippen LogP contribution in [-0.4, -0.2) is 22.2 Å². The van der Waals surface area contributed by atoms with E-state index in [1.54, 1.807) is 24.5 Å². The van der Waals surface area contributed by atoms with Crippen molar-refractivity contribution in [1.29, 1.82) is 0 Å². The highest BCUT2D eigenvalue weighted by atomic mass is 16.4. The average molecular weight is 408 g/mol. The summed E-state index contributed by atoms with van der Waals surface area (Å²) in [5.74, 6) is -2.14. The molecule has 0 aliphatic carbocycles. The van der Waals surface area contributed by atoms with E-state index in [-0.39, 0.29) is 0 Å². The molecule has 0 radical (unpaired) electrons. The maximum atomic E-state index is 9.50. The highest BCUT2D eigenvalue weighted by molar-refractivity contribution is 5.81. The van der Waals surface area contributed by atoms with Gasteiger partial charge in [0.2, 0.25) is 0 Å². The Labute approximate surface area is 171 Å². The third kappa shape index (κ3) is 6.75. The number of benzene rings is 2. The fourth-order valence-electron chi connectivity index (χ4n) is 2.48. The second-order valence-corrected chi connectivity index (χ2v) is 6.07. The largest absolute Gasteiger partial charge is 0.550 e. The number of carbonyl (C=O) groups excluding carboxylic acids is 2. The molecule has 0 unspecified atom stereocenters. The van der Waals surface area contributed by atoms with Gasteiger partial charge in [0.15, 0.2) is 23.9 Å². The second-order valence-electron chi connectivity index (χ2n) is 6.07. The lowest BCUT2D eigenvalue weighted by Gasteiger charge is -2.00. The molecule has 0 saturated heterocycles. The van der Waals surface area contributed by atoms with E-state index in [1.807, 2.05) is 48.5 Å². The number of aromatic hydroxyl groups is 2. The SMILES string of the molecule is O=C([O-])CCC(=O)[O-].Oc1cccc2ccc[nH+]c12.Oc1cccc2ccc[nH+]c12. The summed E-state index contributed by atoms with van der Waals surface area (Å²) in [5, 5.41) is 39.7. The summed E-state index contributed by atoms with van der Waals surface area (Å²) in [7, 11) is 0. The number of carboxylic acid groups (broad SMARTS) is 2. The minimum atomic E-state index is -1.37. The first kappa shape index (κ1) is 22.1. The lowest BCUT2D eigenvalue weighted by atomic mass is 10.2. The van der Waals surface area contributed by atoms with Crippen LogP contribution in [0.4, 0.5) is 0 Å². The number of carbonyl (C=O) groups is 2. The van der Waals surface area contributed by atoms with E-state index in [9.17, 15) is 30.0 Å². The summed E-state index contributed by atoms with van der Waals surface area (Å²) >= 11 is 0. The molecule has 30 heavy (non-hydrogen) atoms. The summed E-state index contributed by atoms with van der Waals surface area (Å²) in [5.41, 5.74) is 1.57. The Morgan fingerprint density at radius 3 is 1.37 bits per heavy atom. The van der Waals surface area contributed by atoms with E-state index >= 15 is 0 Å². The van der Waals surface area contributed by atoms with Gasteiger partial charge in [-0.05, 0) is 49.2 Å². The van der Waals surface area contributed by atoms with E-state index in [1.165, 1.54) is 0 Å². The normalized spacial score (nSPS) is 9.73. The Morgan fingerprint density at radius 1 is 0.667 bits per heavy atom. The van der Waals surface area contributed by atoms with Crippen LogP contribution < -0.4 is 20.2 Å². The molecule has 4 aromatic rings. The maximum Gasteiger partial charge on any atom is 0.252 e. The van der Waals surface area contributed by atoms with Crippen LogP contribution in [-0.2, 0) is 9.59 Å². The number of nitrogens with one attached hydrogen (secondary N) is 2. The molecule has 2 heterocycles. The minimum Gasteiger partial charge on any atom is -0.550 e. The number of fused-ring (bicyclic) bond motifs is 2. The number of aromatic nitrogens is 2. The Balaban J connectivity index is 0.000000163. The van der Waals surface area contributed by atoms with Gasteiger partial charge in [0.25, 0.3) is 11.0 Å². The molecule has 0 spiro atoms. The Bertz CT molecular complexity index is 1040. The molecule has 8 nitrogen and oxygen atoms in total. The van der Waals surface area contributed by atoms with Crippen molar-refractivity contribution in [1.82, 2.24) is 0 Å². The summed E-state index contributed by atoms with van der Waals surface area (Å²) in [6.07, 6.45) is 2.65. The summed E-state index contributed by atoms with van der Waals surface area (Å²) in [6, 6.07) is 18.6. The molecule has 154 valence electrons. The van der Waals surface area contributed by atoms with Crippen molar-refractivity contribution in [2.75, 3.05) is 0 Å². The molecule has 4 rings (SSSR count). The Morgan fingerprint density at radius 2 is 1.03 bits per heavy atom. The molecule has 0 fully saturated rings. The van der Waals surface area contributed by atoms with Crippen molar-refractivity contribution >= 4 is 33.7 Å². The third-order valence-electron chi connectivity index (χ3n) is 3.88. The van der Waals surface area contributed by atoms with Gasteiger partial charge in [-0.15, -0.1) is 0 Å². The van der Waals surface area contributed by atoms with Crippen molar-refractivity contribution in [3.05, 3.63) is 73.1 Å². The number of hydrogen-bond acceptors (Lipinski definition) is 6. The molecule has 8 heteroatoms. The quantitative estimate of drug-likeness (QED) is 0.487. The van der Waals surface area contributed by atoms with E-state index in [2.05, 4.69) is 9.97 Å². The summed E-state index contributed by atoms with van der Waals surface area (Å²) in [4.78, 5) is 24.9. The van der Waals surface area contributed by atoms with E-state index in [0.29, 0.717) is 11.5 Å². The van der Waals surface area contributed by atoms with Gasteiger partial charge in [-0.25, -0.2) is 9.97 Å². The zero-order valence-electron chi connectivity index (χ0n) is 15.9. The fraction of sp³-hybridized carbons (Fsp3) is 0.0909. The number of phenolic OH excluding ortho intramolecular Hbond substituents is 2. The van der Waals surface area contributed by atoms with E-state index in [0.717, 1.165) is 21.8 Å². The average Bonchev–Trinajstić information content (AvgIpc) is 2.74. The number of hydrogen-bond donors (Lipinski definition) is 2. The van der Waals surface area contributed by atoms with E-state index in [4.69, 9.17) is 0 Å². The lowest BCUT2D eigenvalue weighted by Crippen LogP contribution is -2.27. The Kier molecular flexibility index (Phi) is 8.07. The van der Waals surface area contributed by atoms with Crippen LogP contribution in [0.2, 0.25) is 0 Å². The van der Waals surface area contributed by atoms with Gasteiger partial charge in [0.05, 0.1) is 10.8 Å². The van der Waals surface area contributed by atoms with Crippen LogP contribution in [0.1, 0.15) is 12.8 Å². The zero-order valence-corrected chi connectivity index (χ0v) is 15.9. The molecule has 4 N–H and O–H groups in total. The molecular formula is C22H20N2O6. The van der Waals surface area contributed by atoms with Gasteiger partial charge in [0, 0.05) is 24.1 Å². The summed E-state index contributed by atoms with van der Waals surface area (Å²) in [6.45, 7) is 0. The number of pyridine rings is 2. The predicted molar refractivity (Wildman–Crippen MR) is 104 cm³/mol. The molecule has 0 bridgehead atoms. The molecule has 2 aromatic heterocycles. The smallest absolute Gasteiger partial charge is 0.252 e.